The lowest BCUT2D eigenvalue weighted by molar-refractivity contribution is 0.289. The lowest BCUT2D eigenvalue weighted by Gasteiger charge is -2.32. The smallest absolute Gasteiger partial charge is 0.235 e. The van der Waals surface area contributed by atoms with Crippen LogP contribution in [0.2, 0.25) is 0 Å². The Labute approximate surface area is 163 Å². The number of H-pyrrole nitrogens is 1. The van der Waals surface area contributed by atoms with Crippen LogP contribution in [0.4, 0.5) is 5.82 Å². The van der Waals surface area contributed by atoms with E-state index in [0.717, 1.165) is 36.0 Å². The molecule has 0 radical (unpaired) electrons. The minimum atomic E-state index is 0.506. The van der Waals surface area contributed by atoms with Crippen molar-refractivity contribution >= 4 is 5.82 Å². The van der Waals surface area contributed by atoms with Gasteiger partial charge in [-0.1, -0.05) is 35.5 Å². The summed E-state index contributed by atoms with van der Waals surface area (Å²) in [6.45, 7) is 2.78. The Morgan fingerprint density at radius 1 is 1.18 bits per heavy atom. The number of aromatic nitrogens is 3. The quantitative estimate of drug-likeness (QED) is 0.678. The Kier molecular flexibility index (Phi) is 4.48. The summed E-state index contributed by atoms with van der Waals surface area (Å²) in [4.78, 5) is 4.41. The van der Waals surface area contributed by atoms with Crippen LogP contribution in [0.25, 0.3) is 0 Å². The second-order valence-corrected chi connectivity index (χ2v) is 7.35. The highest BCUT2D eigenvalue weighted by Crippen LogP contribution is 2.39. The molecular formula is C21H23N5O2. The molecule has 1 fully saturated rings. The Hall–Kier alpha value is -3.22. The van der Waals surface area contributed by atoms with E-state index in [0.29, 0.717) is 24.9 Å². The van der Waals surface area contributed by atoms with Crippen LogP contribution in [0.3, 0.4) is 0 Å². The molecule has 3 heterocycles. The molecule has 7 heteroatoms. The van der Waals surface area contributed by atoms with Crippen molar-refractivity contribution in [2.24, 2.45) is 0 Å². The number of aromatic amines is 1. The number of benzene rings is 1. The van der Waals surface area contributed by atoms with E-state index in [1.54, 1.807) is 0 Å². The van der Waals surface area contributed by atoms with Gasteiger partial charge in [-0.25, -0.2) is 0 Å². The molecule has 1 aliphatic heterocycles. The maximum Gasteiger partial charge on any atom is 0.235 e. The molecule has 1 aliphatic carbocycles. The Morgan fingerprint density at radius 2 is 2.07 bits per heavy atom. The predicted molar refractivity (Wildman–Crippen MR) is 105 cm³/mol. The van der Waals surface area contributed by atoms with Crippen molar-refractivity contribution in [1.29, 1.82) is 0 Å². The number of nitrogens with one attached hydrogen (secondary N) is 1. The lowest BCUT2D eigenvalue weighted by Crippen LogP contribution is -2.38. The SMILES string of the molecule is C1=CN(Cc2cc(C3CC3)no2)CN(c2cc(OCc3ccccc3)n[nH]2)C1. The molecule has 0 unspecified atom stereocenters. The van der Waals surface area contributed by atoms with E-state index >= 15 is 0 Å². The van der Waals surface area contributed by atoms with E-state index in [4.69, 9.17) is 9.26 Å². The van der Waals surface area contributed by atoms with E-state index < -0.39 is 0 Å². The molecule has 0 atom stereocenters. The normalized spacial score (nSPS) is 16.6. The van der Waals surface area contributed by atoms with Crippen LogP contribution >= 0.6 is 0 Å². The molecule has 2 aliphatic rings. The van der Waals surface area contributed by atoms with E-state index in [-0.39, 0.29) is 0 Å². The largest absolute Gasteiger partial charge is 0.472 e. The topological polar surface area (TPSA) is 70.4 Å². The summed E-state index contributed by atoms with van der Waals surface area (Å²) < 4.78 is 11.3. The summed E-state index contributed by atoms with van der Waals surface area (Å²) in [7, 11) is 0. The van der Waals surface area contributed by atoms with E-state index in [1.807, 2.05) is 36.4 Å². The van der Waals surface area contributed by atoms with Gasteiger partial charge in [0.15, 0.2) is 5.76 Å². The van der Waals surface area contributed by atoms with Crippen molar-refractivity contribution < 1.29 is 9.26 Å². The fourth-order valence-corrected chi connectivity index (χ4v) is 3.36. The molecule has 0 saturated heterocycles. The second kappa shape index (κ2) is 7.42. The average molecular weight is 377 g/mol. The standard InChI is InChI=1S/C21H23N5O2/c1-2-5-16(6-3-1)14-27-21-12-20(22-23-21)26-10-4-9-25(15-26)13-18-11-19(24-28-18)17-7-8-17/h1-6,9,11-12,17H,7-8,10,13-15H2,(H,22,23). The van der Waals surface area contributed by atoms with Gasteiger partial charge in [-0.2, -0.15) is 0 Å². The van der Waals surface area contributed by atoms with E-state index in [2.05, 4.69) is 43.5 Å². The maximum absolute atomic E-state index is 5.79. The van der Waals surface area contributed by atoms with Gasteiger partial charge in [0, 0.05) is 24.6 Å². The van der Waals surface area contributed by atoms with Crippen molar-refractivity contribution in [3.8, 4) is 5.88 Å². The van der Waals surface area contributed by atoms with Gasteiger partial charge in [-0.3, -0.25) is 5.10 Å². The number of nitrogens with zero attached hydrogens (tertiary/aromatic N) is 4. The van der Waals surface area contributed by atoms with Crippen LogP contribution in [0.15, 0.2) is 59.3 Å². The number of ether oxygens (including phenoxy) is 1. The van der Waals surface area contributed by atoms with Gasteiger partial charge in [-0.15, -0.1) is 5.10 Å². The minimum Gasteiger partial charge on any atom is -0.472 e. The first kappa shape index (κ1) is 16.9. The molecule has 0 bridgehead atoms. The fourth-order valence-electron chi connectivity index (χ4n) is 3.36. The first-order chi connectivity index (χ1) is 13.8. The summed E-state index contributed by atoms with van der Waals surface area (Å²) >= 11 is 0. The van der Waals surface area contributed by atoms with Crippen LogP contribution in [0.5, 0.6) is 5.88 Å². The first-order valence-corrected chi connectivity index (χ1v) is 9.67. The predicted octanol–water partition coefficient (Wildman–Crippen LogP) is 3.65. The van der Waals surface area contributed by atoms with Crippen molar-refractivity contribution in [1.82, 2.24) is 20.3 Å². The van der Waals surface area contributed by atoms with Crippen LogP contribution in [-0.4, -0.2) is 33.5 Å². The average Bonchev–Trinajstić information content (AvgIpc) is 3.29. The third kappa shape index (κ3) is 3.88. The Morgan fingerprint density at radius 3 is 2.93 bits per heavy atom. The molecule has 0 spiro atoms. The zero-order chi connectivity index (χ0) is 18.8. The van der Waals surface area contributed by atoms with Gasteiger partial charge in [-0.05, 0) is 30.7 Å². The number of anilines is 1. The lowest BCUT2D eigenvalue weighted by atomic mass is 10.2. The van der Waals surface area contributed by atoms with Gasteiger partial charge >= 0.3 is 0 Å². The molecule has 7 nitrogen and oxygen atoms in total. The third-order valence-electron chi connectivity index (χ3n) is 5.04. The van der Waals surface area contributed by atoms with Crippen molar-refractivity contribution in [3.05, 3.63) is 71.8 Å². The van der Waals surface area contributed by atoms with Gasteiger partial charge in [0.25, 0.3) is 0 Å². The minimum absolute atomic E-state index is 0.506. The van der Waals surface area contributed by atoms with Gasteiger partial charge < -0.3 is 19.1 Å². The van der Waals surface area contributed by atoms with Crippen molar-refractivity contribution in [2.45, 2.75) is 31.9 Å². The molecule has 1 N–H and O–H groups in total. The molecule has 1 aromatic carbocycles. The maximum atomic E-state index is 5.79. The highest BCUT2D eigenvalue weighted by atomic mass is 16.5. The highest BCUT2D eigenvalue weighted by molar-refractivity contribution is 5.42. The fraction of sp³-hybridized carbons (Fsp3) is 0.333. The monoisotopic (exact) mass is 377 g/mol. The molecule has 2 aromatic heterocycles. The van der Waals surface area contributed by atoms with Gasteiger partial charge in [0.1, 0.15) is 12.4 Å². The molecule has 144 valence electrons. The highest BCUT2D eigenvalue weighted by Gasteiger charge is 2.27. The summed E-state index contributed by atoms with van der Waals surface area (Å²) in [5, 5.41) is 11.6. The molecule has 0 amide bonds. The summed E-state index contributed by atoms with van der Waals surface area (Å²) in [6, 6.07) is 14.1. The van der Waals surface area contributed by atoms with Gasteiger partial charge in [0.05, 0.1) is 18.9 Å². The zero-order valence-electron chi connectivity index (χ0n) is 15.6. The molecular weight excluding hydrogens is 354 g/mol. The second-order valence-electron chi connectivity index (χ2n) is 7.35. The summed E-state index contributed by atoms with van der Waals surface area (Å²) in [5.41, 5.74) is 2.22. The Balaban J connectivity index is 1.18. The third-order valence-corrected chi connectivity index (χ3v) is 5.04. The molecule has 28 heavy (non-hydrogen) atoms. The number of rotatable bonds is 7. The number of hydrogen-bond donors (Lipinski definition) is 1. The zero-order valence-corrected chi connectivity index (χ0v) is 15.6. The van der Waals surface area contributed by atoms with Crippen LogP contribution in [0.1, 0.15) is 35.8 Å². The van der Waals surface area contributed by atoms with Gasteiger partial charge in [0.2, 0.25) is 5.88 Å². The van der Waals surface area contributed by atoms with Crippen LogP contribution in [0, 0.1) is 0 Å². The number of hydrogen-bond acceptors (Lipinski definition) is 6. The van der Waals surface area contributed by atoms with Crippen molar-refractivity contribution in [3.63, 3.8) is 0 Å². The molecule has 5 rings (SSSR count). The Bertz CT molecular complexity index is 945. The molecule has 3 aromatic rings. The summed E-state index contributed by atoms with van der Waals surface area (Å²) in [5.74, 6) is 3.06. The first-order valence-electron chi connectivity index (χ1n) is 9.67. The molecule has 1 saturated carbocycles. The summed E-state index contributed by atoms with van der Waals surface area (Å²) in [6.07, 6.45) is 6.71. The van der Waals surface area contributed by atoms with Crippen molar-refractivity contribution in [2.75, 3.05) is 18.1 Å². The van der Waals surface area contributed by atoms with E-state index in [9.17, 15) is 0 Å². The van der Waals surface area contributed by atoms with E-state index in [1.165, 1.54) is 12.8 Å². The van der Waals surface area contributed by atoms with Crippen LogP contribution in [-0.2, 0) is 13.2 Å². The van der Waals surface area contributed by atoms with Crippen LogP contribution < -0.4 is 9.64 Å².